The van der Waals surface area contributed by atoms with E-state index in [0.717, 1.165) is 44.3 Å². The SMILES string of the molecule is COCC(=O)N1CCC[C@H](CCc2ccc(F)cc2)C1. The lowest BCUT2D eigenvalue weighted by Gasteiger charge is -2.32. The van der Waals surface area contributed by atoms with Crippen molar-refractivity contribution in [2.45, 2.75) is 25.7 Å². The minimum absolute atomic E-state index is 0.0824. The third kappa shape index (κ3) is 4.30. The molecule has 1 heterocycles. The summed E-state index contributed by atoms with van der Waals surface area (Å²) >= 11 is 0. The van der Waals surface area contributed by atoms with E-state index >= 15 is 0 Å². The molecule has 20 heavy (non-hydrogen) atoms. The first kappa shape index (κ1) is 15.0. The van der Waals surface area contributed by atoms with Gasteiger partial charge in [0, 0.05) is 20.2 Å². The van der Waals surface area contributed by atoms with Gasteiger partial charge in [-0.1, -0.05) is 12.1 Å². The molecule has 0 aliphatic carbocycles. The average molecular weight is 279 g/mol. The number of nitrogens with zero attached hydrogens (tertiary/aromatic N) is 1. The number of carbonyl (C=O) groups excluding carboxylic acids is 1. The summed E-state index contributed by atoms with van der Waals surface area (Å²) in [5.41, 5.74) is 1.16. The highest BCUT2D eigenvalue weighted by molar-refractivity contribution is 5.77. The lowest BCUT2D eigenvalue weighted by molar-refractivity contribution is -0.137. The molecule has 1 aromatic carbocycles. The van der Waals surface area contributed by atoms with Crippen molar-refractivity contribution in [3.05, 3.63) is 35.6 Å². The van der Waals surface area contributed by atoms with Gasteiger partial charge < -0.3 is 9.64 Å². The molecule has 0 aromatic heterocycles. The van der Waals surface area contributed by atoms with Crippen molar-refractivity contribution in [3.63, 3.8) is 0 Å². The molecule has 1 atom stereocenters. The predicted octanol–water partition coefficient (Wildman–Crippen LogP) is 2.64. The zero-order chi connectivity index (χ0) is 14.4. The van der Waals surface area contributed by atoms with Crippen LogP contribution >= 0.6 is 0 Å². The fourth-order valence-corrected chi connectivity index (χ4v) is 2.76. The van der Waals surface area contributed by atoms with Gasteiger partial charge in [-0.3, -0.25) is 4.79 Å². The van der Waals surface area contributed by atoms with E-state index in [1.54, 1.807) is 7.11 Å². The Hall–Kier alpha value is -1.42. The molecule has 2 rings (SSSR count). The summed E-state index contributed by atoms with van der Waals surface area (Å²) in [7, 11) is 1.55. The summed E-state index contributed by atoms with van der Waals surface area (Å²) in [6.07, 6.45) is 4.21. The number of aryl methyl sites for hydroxylation is 1. The van der Waals surface area contributed by atoms with Crippen LogP contribution in [0.1, 0.15) is 24.8 Å². The van der Waals surface area contributed by atoms with Crippen LogP contribution in [0.5, 0.6) is 0 Å². The van der Waals surface area contributed by atoms with Gasteiger partial charge in [-0.05, 0) is 49.3 Å². The summed E-state index contributed by atoms with van der Waals surface area (Å²) in [4.78, 5) is 13.7. The maximum Gasteiger partial charge on any atom is 0.248 e. The molecule has 1 saturated heterocycles. The minimum atomic E-state index is -0.192. The molecule has 3 nitrogen and oxygen atoms in total. The van der Waals surface area contributed by atoms with Crippen LogP contribution in [-0.4, -0.2) is 37.6 Å². The molecular weight excluding hydrogens is 257 g/mol. The van der Waals surface area contributed by atoms with Crippen LogP contribution in [0.25, 0.3) is 0 Å². The number of halogens is 1. The molecule has 0 unspecified atom stereocenters. The molecule has 0 bridgehead atoms. The van der Waals surface area contributed by atoms with E-state index in [1.807, 2.05) is 17.0 Å². The number of hydrogen-bond acceptors (Lipinski definition) is 2. The zero-order valence-electron chi connectivity index (χ0n) is 12.0. The molecule has 0 spiro atoms. The van der Waals surface area contributed by atoms with Crippen LogP contribution in [0.15, 0.2) is 24.3 Å². The second kappa shape index (κ2) is 7.39. The molecular formula is C16H22FNO2. The van der Waals surface area contributed by atoms with E-state index in [4.69, 9.17) is 4.74 Å². The van der Waals surface area contributed by atoms with Gasteiger partial charge in [-0.15, -0.1) is 0 Å². The largest absolute Gasteiger partial charge is 0.375 e. The fourth-order valence-electron chi connectivity index (χ4n) is 2.76. The summed E-state index contributed by atoms with van der Waals surface area (Å²) in [6, 6.07) is 6.69. The first-order valence-electron chi connectivity index (χ1n) is 7.20. The zero-order valence-corrected chi connectivity index (χ0v) is 12.0. The first-order chi connectivity index (χ1) is 9.69. The van der Waals surface area contributed by atoms with Gasteiger partial charge in [-0.25, -0.2) is 4.39 Å². The van der Waals surface area contributed by atoms with Crippen molar-refractivity contribution in [2.75, 3.05) is 26.8 Å². The highest BCUT2D eigenvalue weighted by Crippen LogP contribution is 2.21. The van der Waals surface area contributed by atoms with Gasteiger partial charge in [-0.2, -0.15) is 0 Å². The lowest BCUT2D eigenvalue weighted by atomic mass is 9.91. The van der Waals surface area contributed by atoms with Gasteiger partial charge in [0.25, 0.3) is 0 Å². The van der Waals surface area contributed by atoms with Crippen molar-refractivity contribution in [2.24, 2.45) is 5.92 Å². The number of amides is 1. The molecule has 0 radical (unpaired) electrons. The second-order valence-corrected chi connectivity index (χ2v) is 5.45. The van der Waals surface area contributed by atoms with Crippen LogP contribution in [0, 0.1) is 11.7 Å². The van der Waals surface area contributed by atoms with E-state index in [9.17, 15) is 9.18 Å². The van der Waals surface area contributed by atoms with Gasteiger partial charge in [0.1, 0.15) is 12.4 Å². The molecule has 1 aromatic rings. The normalized spacial score (nSPS) is 19.1. The lowest BCUT2D eigenvalue weighted by Crippen LogP contribution is -2.41. The van der Waals surface area contributed by atoms with Gasteiger partial charge >= 0.3 is 0 Å². The summed E-state index contributed by atoms with van der Waals surface area (Å²) in [5, 5.41) is 0. The van der Waals surface area contributed by atoms with E-state index in [2.05, 4.69) is 0 Å². The average Bonchev–Trinajstić information content (AvgIpc) is 2.47. The number of likely N-dealkylation sites (tertiary alicyclic amines) is 1. The topological polar surface area (TPSA) is 29.5 Å². The number of ether oxygens (including phenoxy) is 1. The Morgan fingerprint density at radius 2 is 2.15 bits per heavy atom. The highest BCUT2D eigenvalue weighted by Gasteiger charge is 2.23. The highest BCUT2D eigenvalue weighted by atomic mass is 19.1. The van der Waals surface area contributed by atoms with Crippen LogP contribution < -0.4 is 0 Å². The van der Waals surface area contributed by atoms with Gasteiger partial charge in [0.2, 0.25) is 5.91 Å². The predicted molar refractivity (Wildman–Crippen MR) is 75.9 cm³/mol. The molecule has 0 N–H and O–H groups in total. The number of hydrogen-bond donors (Lipinski definition) is 0. The molecule has 0 saturated carbocycles. The molecule has 1 amide bonds. The maximum atomic E-state index is 12.8. The van der Waals surface area contributed by atoms with Crippen molar-refractivity contribution in [1.29, 1.82) is 0 Å². The molecule has 1 aliphatic heterocycles. The summed E-state index contributed by atoms with van der Waals surface area (Å²) in [6.45, 7) is 1.84. The Morgan fingerprint density at radius 3 is 2.85 bits per heavy atom. The Kier molecular flexibility index (Phi) is 5.53. The Labute approximate surface area is 119 Å². The van der Waals surface area contributed by atoms with Gasteiger partial charge in [0.05, 0.1) is 0 Å². The van der Waals surface area contributed by atoms with Crippen molar-refractivity contribution >= 4 is 5.91 Å². The molecule has 1 aliphatic rings. The molecule has 1 fully saturated rings. The molecule has 110 valence electrons. The van der Waals surface area contributed by atoms with Crippen molar-refractivity contribution in [1.82, 2.24) is 4.90 Å². The van der Waals surface area contributed by atoms with Crippen molar-refractivity contribution in [3.8, 4) is 0 Å². The van der Waals surface area contributed by atoms with E-state index in [-0.39, 0.29) is 18.3 Å². The van der Waals surface area contributed by atoms with Crippen LogP contribution in [0.3, 0.4) is 0 Å². The van der Waals surface area contributed by atoms with Gasteiger partial charge in [0.15, 0.2) is 0 Å². The van der Waals surface area contributed by atoms with Crippen molar-refractivity contribution < 1.29 is 13.9 Å². The van der Waals surface area contributed by atoms with Crippen LogP contribution in [0.2, 0.25) is 0 Å². The minimum Gasteiger partial charge on any atom is -0.375 e. The smallest absolute Gasteiger partial charge is 0.248 e. The standard InChI is InChI=1S/C16H22FNO2/c1-20-12-16(19)18-10-2-3-14(11-18)5-4-13-6-8-15(17)9-7-13/h6-9,14H,2-5,10-12H2,1H3/t14-/m1/s1. The van der Waals surface area contributed by atoms with E-state index in [0.29, 0.717) is 5.92 Å². The Bertz CT molecular complexity index is 433. The quantitative estimate of drug-likeness (QED) is 0.829. The maximum absolute atomic E-state index is 12.8. The van der Waals surface area contributed by atoms with Crippen LogP contribution in [0.4, 0.5) is 4.39 Å². The fraction of sp³-hybridized carbons (Fsp3) is 0.562. The number of piperidine rings is 1. The monoisotopic (exact) mass is 279 g/mol. The number of benzene rings is 1. The number of methoxy groups -OCH3 is 1. The molecule has 4 heteroatoms. The van der Waals surface area contributed by atoms with E-state index < -0.39 is 0 Å². The third-order valence-electron chi connectivity index (χ3n) is 3.89. The second-order valence-electron chi connectivity index (χ2n) is 5.45. The number of rotatable bonds is 5. The summed E-state index contributed by atoms with van der Waals surface area (Å²) in [5.74, 6) is 0.427. The van der Waals surface area contributed by atoms with Crippen LogP contribution in [-0.2, 0) is 16.0 Å². The summed E-state index contributed by atoms with van der Waals surface area (Å²) < 4.78 is 17.7. The Balaban J connectivity index is 1.80. The van der Waals surface area contributed by atoms with E-state index in [1.165, 1.54) is 12.1 Å². The Morgan fingerprint density at radius 1 is 1.40 bits per heavy atom. The first-order valence-corrected chi connectivity index (χ1v) is 7.20. The third-order valence-corrected chi connectivity index (χ3v) is 3.89. The number of carbonyl (C=O) groups is 1.